The van der Waals surface area contributed by atoms with Gasteiger partial charge in [0, 0.05) is 11.9 Å². The summed E-state index contributed by atoms with van der Waals surface area (Å²) in [6.07, 6.45) is 1.61. The van der Waals surface area contributed by atoms with Gasteiger partial charge in [0.05, 0.1) is 8.66 Å². The van der Waals surface area contributed by atoms with E-state index in [4.69, 9.17) is 4.74 Å². The maximum absolute atomic E-state index is 12.0. The Morgan fingerprint density at radius 3 is 2.82 bits per heavy atom. The number of carbonyl (C=O) groups is 2. The number of fused-ring (bicyclic) bond motifs is 1. The van der Waals surface area contributed by atoms with Gasteiger partial charge in [-0.25, -0.2) is 9.78 Å². The van der Waals surface area contributed by atoms with Gasteiger partial charge in [-0.2, -0.15) is 0 Å². The van der Waals surface area contributed by atoms with Crippen molar-refractivity contribution in [2.45, 2.75) is 6.92 Å². The van der Waals surface area contributed by atoms with Crippen molar-refractivity contribution in [2.24, 2.45) is 0 Å². The van der Waals surface area contributed by atoms with E-state index in [0.717, 1.165) is 9.48 Å². The Labute approximate surface area is 138 Å². The molecular weight excluding hydrogens is 368 g/mol. The summed E-state index contributed by atoms with van der Waals surface area (Å²) in [5.41, 5.74) is 1.82. The fraction of sp³-hybridized carbons (Fsp3) is 0.133. The van der Waals surface area contributed by atoms with E-state index in [1.54, 1.807) is 28.8 Å². The van der Waals surface area contributed by atoms with Gasteiger partial charge >= 0.3 is 5.97 Å². The normalized spacial score (nSPS) is 10.8. The molecule has 0 saturated heterocycles. The summed E-state index contributed by atoms with van der Waals surface area (Å²) in [5, 5.41) is 0. The molecule has 0 bridgehead atoms. The van der Waals surface area contributed by atoms with Crippen molar-refractivity contribution in [1.29, 1.82) is 0 Å². The first-order valence-corrected chi connectivity index (χ1v) is 8.06. The number of aromatic nitrogens is 2. The smallest absolute Gasteiger partial charge is 0.359 e. The zero-order valence-electron chi connectivity index (χ0n) is 11.6. The maximum atomic E-state index is 12.0. The number of nitrogens with zero attached hydrogens (tertiary/aromatic N) is 2. The minimum atomic E-state index is -0.605. The number of rotatable bonds is 4. The molecule has 0 aromatic carbocycles. The minimum Gasteiger partial charge on any atom is -0.452 e. The molecule has 0 radical (unpaired) electrons. The molecule has 0 N–H and O–H groups in total. The maximum Gasteiger partial charge on any atom is 0.359 e. The van der Waals surface area contributed by atoms with Crippen LogP contribution in [-0.2, 0) is 4.74 Å². The molecule has 3 heterocycles. The van der Waals surface area contributed by atoms with Crippen molar-refractivity contribution in [3.8, 4) is 0 Å². The van der Waals surface area contributed by atoms with E-state index in [1.165, 1.54) is 11.3 Å². The van der Waals surface area contributed by atoms with Crippen LogP contribution in [0.2, 0.25) is 0 Å². The van der Waals surface area contributed by atoms with Crippen LogP contribution in [0.15, 0.2) is 40.3 Å². The predicted molar refractivity (Wildman–Crippen MR) is 86.6 cm³/mol. The quantitative estimate of drug-likeness (QED) is 0.514. The van der Waals surface area contributed by atoms with Crippen molar-refractivity contribution >= 4 is 44.7 Å². The van der Waals surface area contributed by atoms with Crippen LogP contribution in [0.3, 0.4) is 0 Å². The van der Waals surface area contributed by atoms with Crippen molar-refractivity contribution in [1.82, 2.24) is 9.38 Å². The molecule has 3 aromatic rings. The van der Waals surface area contributed by atoms with Gasteiger partial charge in [-0.3, -0.25) is 4.79 Å². The van der Waals surface area contributed by atoms with Crippen LogP contribution in [0.1, 0.15) is 25.9 Å². The van der Waals surface area contributed by atoms with E-state index in [2.05, 4.69) is 20.9 Å². The lowest BCUT2D eigenvalue weighted by molar-refractivity contribution is 0.0470. The molecule has 3 rings (SSSR count). The molecule has 0 aliphatic heterocycles. The first kappa shape index (κ1) is 14.9. The molecule has 0 spiro atoms. The van der Waals surface area contributed by atoms with Gasteiger partial charge < -0.3 is 9.14 Å². The van der Waals surface area contributed by atoms with Crippen molar-refractivity contribution in [2.75, 3.05) is 6.61 Å². The number of esters is 1. The summed E-state index contributed by atoms with van der Waals surface area (Å²) in [5.74, 6) is -0.837. The van der Waals surface area contributed by atoms with Gasteiger partial charge in [-0.1, -0.05) is 6.07 Å². The topological polar surface area (TPSA) is 60.7 Å². The monoisotopic (exact) mass is 378 g/mol. The molecule has 5 nitrogen and oxygen atoms in total. The van der Waals surface area contributed by atoms with Crippen molar-refractivity contribution < 1.29 is 14.3 Å². The van der Waals surface area contributed by atoms with E-state index in [0.29, 0.717) is 10.5 Å². The third-order valence-corrected chi connectivity index (χ3v) is 4.75. The van der Waals surface area contributed by atoms with Gasteiger partial charge in [0.1, 0.15) is 5.65 Å². The Balaban J connectivity index is 1.71. The number of thiophene rings is 1. The first-order valence-electron chi connectivity index (χ1n) is 6.45. The number of pyridine rings is 1. The van der Waals surface area contributed by atoms with Crippen LogP contribution in [-0.4, -0.2) is 27.7 Å². The van der Waals surface area contributed by atoms with Crippen LogP contribution < -0.4 is 0 Å². The molecule has 0 aliphatic carbocycles. The number of imidazole rings is 1. The molecule has 0 saturated carbocycles. The number of ether oxygens (including phenoxy) is 1. The number of carbonyl (C=O) groups excluding carboxylic acids is 2. The van der Waals surface area contributed by atoms with Gasteiger partial charge in [-0.05, 0) is 47.1 Å². The Morgan fingerprint density at radius 2 is 2.14 bits per heavy atom. The van der Waals surface area contributed by atoms with Gasteiger partial charge in [-0.15, -0.1) is 11.3 Å². The highest BCUT2D eigenvalue weighted by atomic mass is 79.9. The Hall–Kier alpha value is -1.99. The lowest BCUT2D eigenvalue weighted by Gasteiger charge is -2.00. The lowest BCUT2D eigenvalue weighted by Crippen LogP contribution is -2.13. The summed E-state index contributed by atoms with van der Waals surface area (Å²) in [4.78, 5) is 28.7. The van der Waals surface area contributed by atoms with Crippen molar-refractivity contribution in [3.63, 3.8) is 0 Å². The SMILES string of the molecule is Cc1cccc2nc(C(=O)OCC(=O)c3ccc(Br)s3)cn12. The molecule has 22 heavy (non-hydrogen) atoms. The highest BCUT2D eigenvalue weighted by Gasteiger charge is 2.16. The molecule has 0 fully saturated rings. The molecule has 7 heteroatoms. The van der Waals surface area contributed by atoms with E-state index >= 15 is 0 Å². The predicted octanol–water partition coefficient (Wildman–Crippen LogP) is 3.51. The largest absolute Gasteiger partial charge is 0.452 e. The van der Waals surface area contributed by atoms with Gasteiger partial charge in [0.25, 0.3) is 0 Å². The van der Waals surface area contributed by atoms with Crippen LogP contribution >= 0.6 is 27.3 Å². The zero-order chi connectivity index (χ0) is 15.7. The molecule has 0 aliphatic rings. The molecule has 0 atom stereocenters. The standard InChI is InChI=1S/C15H11BrN2O3S/c1-9-3-2-4-14-17-10(7-18(9)14)15(20)21-8-11(19)12-5-6-13(16)22-12/h2-7H,8H2,1H3. The summed E-state index contributed by atoms with van der Waals surface area (Å²) in [7, 11) is 0. The van der Waals surface area contributed by atoms with Crippen LogP contribution in [0, 0.1) is 6.92 Å². The molecule has 0 amide bonds. The second-order valence-corrected chi connectivity index (χ2v) is 7.09. The third kappa shape index (κ3) is 2.95. The van der Waals surface area contributed by atoms with Crippen molar-refractivity contribution in [3.05, 3.63) is 56.6 Å². The van der Waals surface area contributed by atoms with Gasteiger partial charge in [0.2, 0.25) is 5.78 Å². The van der Waals surface area contributed by atoms with E-state index < -0.39 is 5.97 Å². The highest BCUT2D eigenvalue weighted by Crippen LogP contribution is 2.22. The molecule has 112 valence electrons. The lowest BCUT2D eigenvalue weighted by atomic mass is 10.3. The number of halogens is 1. The fourth-order valence-electron chi connectivity index (χ4n) is 1.99. The number of hydrogen-bond donors (Lipinski definition) is 0. The second-order valence-electron chi connectivity index (χ2n) is 4.62. The summed E-state index contributed by atoms with van der Waals surface area (Å²) in [6.45, 7) is 1.63. The highest BCUT2D eigenvalue weighted by molar-refractivity contribution is 9.11. The minimum absolute atomic E-state index is 0.189. The Kier molecular flexibility index (Phi) is 4.08. The fourth-order valence-corrected chi connectivity index (χ4v) is 3.30. The summed E-state index contributed by atoms with van der Waals surface area (Å²) in [6, 6.07) is 9.06. The average Bonchev–Trinajstić information content (AvgIpc) is 3.11. The first-order chi connectivity index (χ1) is 10.5. The van der Waals surface area contributed by atoms with E-state index in [-0.39, 0.29) is 18.1 Å². The Bertz CT molecular complexity index is 869. The van der Waals surface area contributed by atoms with E-state index in [1.807, 2.05) is 19.1 Å². The zero-order valence-corrected chi connectivity index (χ0v) is 14.0. The molecule has 3 aromatic heterocycles. The van der Waals surface area contributed by atoms with E-state index in [9.17, 15) is 9.59 Å². The number of hydrogen-bond acceptors (Lipinski definition) is 5. The number of ketones is 1. The van der Waals surface area contributed by atoms with Gasteiger partial charge in [0.15, 0.2) is 12.3 Å². The van der Waals surface area contributed by atoms with Crippen LogP contribution in [0.4, 0.5) is 0 Å². The second kappa shape index (κ2) is 6.02. The average molecular weight is 379 g/mol. The van der Waals surface area contributed by atoms with Crippen LogP contribution in [0.5, 0.6) is 0 Å². The van der Waals surface area contributed by atoms with Crippen LogP contribution in [0.25, 0.3) is 5.65 Å². The molecular formula is C15H11BrN2O3S. The summed E-state index contributed by atoms with van der Waals surface area (Å²) >= 11 is 4.59. The number of Topliss-reactive ketones (excluding diaryl/α,β-unsaturated/α-hetero) is 1. The summed E-state index contributed by atoms with van der Waals surface area (Å²) < 4.78 is 7.71. The Morgan fingerprint density at radius 1 is 1.32 bits per heavy atom. The number of aryl methyl sites for hydroxylation is 1. The third-order valence-electron chi connectivity index (χ3n) is 3.09. The molecule has 0 unspecified atom stereocenters.